The molecule has 0 heterocycles. The van der Waals surface area contributed by atoms with Crippen LogP contribution in [0.4, 0.5) is 13.2 Å². The van der Waals surface area contributed by atoms with Gasteiger partial charge in [0, 0.05) is 13.0 Å². The van der Waals surface area contributed by atoms with Gasteiger partial charge in [0.15, 0.2) is 0 Å². The Morgan fingerprint density at radius 1 is 1.29 bits per heavy atom. The summed E-state index contributed by atoms with van der Waals surface area (Å²) in [5.74, 6) is -2.84. The van der Waals surface area contributed by atoms with Crippen LogP contribution >= 0.6 is 0 Å². The molecule has 0 radical (unpaired) electrons. The minimum Gasteiger partial charge on any atom is -0.481 e. The van der Waals surface area contributed by atoms with Crippen LogP contribution in [0.15, 0.2) is 0 Å². The van der Waals surface area contributed by atoms with Crippen LogP contribution in [-0.2, 0) is 9.59 Å². The highest BCUT2D eigenvalue weighted by molar-refractivity contribution is 5.77. The number of carbonyl (C=O) groups excluding carboxylic acids is 1. The predicted octanol–water partition coefficient (Wildman–Crippen LogP) is 1.80. The van der Waals surface area contributed by atoms with Crippen molar-refractivity contribution in [3.63, 3.8) is 0 Å². The number of halogens is 3. The molecule has 0 saturated heterocycles. The maximum atomic E-state index is 11.8. The Labute approximate surface area is 97.2 Å². The second-order valence-corrected chi connectivity index (χ2v) is 4.11. The largest absolute Gasteiger partial charge is 0.481 e. The van der Waals surface area contributed by atoms with Crippen molar-refractivity contribution in [3.8, 4) is 0 Å². The Morgan fingerprint density at radius 3 is 2.18 bits per heavy atom. The smallest absolute Gasteiger partial charge is 0.389 e. The zero-order valence-corrected chi connectivity index (χ0v) is 9.67. The van der Waals surface area contributed by atoms with Crippen LogP contribution < -0.4 is 5.32 Å². The van der Waals surface area contributed by atoms with Crippen molar-refractivity contribution in [2.45, 2.75) is 32.9 Å². The maximum Gasteiger partial charge on any atom is 0.389 e. The van der Waals surface area contributed by atoms with E-state index in [0.29, 0.717) is 0 Å². The Balaban J connectivity index is 4.02. The number of nitrogens with one attached hydrogen (secondary N) is 1. The van der Waals surface area contributed by atoms with E-state index in [0.717, 1.165) is 0 Å². The fraction of sp³-hybridized carbons (Fsp3) is 0.800. The van der Waals surface area contributed by atoms with Gasteiger partial charge >= 0.3 is 12.1 Å². The second-order valence-electron chi connectivity index (χ2n) is 4.11. The topological polar surface area (TPSA) is 66.4 Å². The van der Waals surface area contributed by atoms with Gasteiger partial charge in [0.05, 0.1) is 12.3 Å². The van der Waals surface area contributed by atoms with Crippen molar-refractivity contribution < 1.29 is 27.9 Å². The third-order valence-corrected chi connectivity index (χ3v) is 2.28. The number of alkyl halides is 3. The van der Waals surface area contributed by atoms with Crippen molar-refractivity contribution in [3.05, 3.63) is 0 Å². The van der Waals surface area contributed by atoms with E-state index >= 15 is 0 Å². The van der Waals surface area contributed by atoms with Gasteiger partial charge in [-0.25, -0.2) is 0 Å². The number of carboxylic acids is 1. The Morgan fingerprint density at radius 2 is 1.82 bits per heavy atom. The van der Waals surface area contributed by atoms with Gasteiger partial charge < -0.3 is 10.4 Å². The van der Waals surface area contributed by atoms with Crippen LogP contribution in [0.1, 0.15) is 26.7 Å². The van der Waals surface area contributed by atoms with Gasteiger partial charge in [-0.15, -0.1) is 0 Å². The second kappa shape index (κ2) is 6.46. The number of aliphatic carboxylic acids is 1. The number of hydrogen-bond donors (Lipinski definition) is 2. The summed E-state index contributed by atoms with van der Waals surface area (Å²) in [5.41, 5.74) is 0. The summed E-state index contributed by atoms with van der Waals surface area (Å²) in [6.07, 6.45) is -6.24. The molecule has 0 aliphatic heterocycles. The van der Waals surface area contributed by atoms with E-state index in [-0.39, 0.29) is 12.5 Å². The van der Waals surface area contributed by atoms with Gasteiger partial charge in [-0.2, -0.15) is 13.2 Å². The standard InChI is InChI=1S/C10H16F3NO3/c1-6(2)7(9(16)17)5-14-8(15)3-4-10(11,12)13/h6-7H,3-5H2,1-2H3,(H,14,15)(H,16,17). The molecule has 0 saturated carbocycles. The van der Waals surface area contributed by atoms with Crippen LogP contribution in [0.3, 0.4) is 0 Å². The molecule has 1 amide bonds. The highest BCUT2D eigenvalue weighted by Crippen LogP contribution is 2.21. The molecular formula is C10H16F3NO3. The quantitative estimate of drug-likeness (QED) is 0.760. The highest BCUT2D eigenvalue weighted by Gasteiger charge is 2.28. The van der Waals surface area contributed by atoms with Crippen LogP contribution in [0.5, 0.6) is 0 Å². The Bertz CT molecular complexity index is 276. The summed E-state index contributed by atoms with van der Waals surface area (Å²) in [6.45, 7) is 3.19. The Hall–Kier alpha value is -1.27. The van der Waals surface area contributed by atoms with Crippen molar-refractivity contribution in [2.24, 2.45) is 11.8 Å². The van der Waals surface area contributed by atoms with E-state index in [4.69, 9.17) is 5.11 Å². The maximum absolute atomic E-state index is 11.8. The zero-order chi connectivity index (χ0) is 13.6. The van der Waals surface area contributed by atoms with Crippen LogP contribution in [-0.4, -0.2) is 29.7 Å². The number of hydrogen-bond acceptors (Lipinski definition) is 2. The van der Waals surface area contributed by atoms with Crippen molar-refractivity contribution in [1.29, 1.82) is 0 Å². The first-order valence-electron chi connectivity index (χ1n) is 5.19. The van der Waals surface area contributed by atoms with Gasteiger partial charge in [0.25, 0.3) is 0 Å². The summed E-state index contributed by atoms with van der Waals surface area (Å²) < 4.78 is 35.4. The lowest BCUT2D eigenvalue weighted by molar-refractivity contribution is -0.146. The van der Waals surface area contributed by atoms with Crippen molar-refractivity contribution in [1.82, 2.24) is 5.32 Å². The molecule has 0 aromatic rings. The summed E-state index contributed by atoms with van der Waals surface area (Å²) >= 11 is 0. The molecule has 0 aromatic heterocycles. The first kappa shape index (κ1) is 15.7. The predicted molar refractivity (Wildman–Crippen MR) is 54.3 cm³/mol. The highest BCUT2D eigenvalue weighted by atomic mass is 19.4. The van der Waals surface area contributed by atoms with Gasteiger partial charge in [-0.3, -0.25) is 9.59 Å². The van der Waals surface area contributed by atoms with E-state index in [1.165, 1.54) is 0 Å². The van der Waals surface area contributed by atoms with Gasteiger partial charge in [0.2, 0.25) is 5.91 Å². The molecule has 0 bridgehead atoms. The molecule has 0 aliphatic carbocycles. The lowest BCUT2D eigenvalue weighted by atomic mass is 9.96. The lowest BCUT2D eigenvalue weighted by Crippen LogP contribution is -2.35. The molecular weight excluding hydrogens is 239 g/mol. The molecule has 7 heteroatoms. The number of rotatable bonds is 6. The lowest BCUT2D eigenvalue weighted by Gasteiger charge is -2.16. The first-order valence-corrected chi connectivity index (χ1v) is 5.19. The van der Waals surface area contributed by atoms with Gasteiger partial charge in [0.1, 0.15) is 0 Å². The number of amides is 1. The minimum absolute atomic E-state index is 0.149. The van der Waals surface area contributed by atoms with Crippen LogP contribution in [0.25, 0.3) is 0 Å². The molecule has 1 atom stereocenters. The summed E-state index contributed by atoms with van der Waals surface area (Å²) in [7, 11) is 0. The van der Waals surface area contributed by atoms with E-state index in [1.807, 2.05) is 0 Å². The SMILES string of the molecule is CC(C)C(CNC(=O)CCC(F)(F)F)C(=O)O. The molecule has 0 spiro atoms. The van der Waals surface area contributed by atoms with Gasteiger partial charge in [-0.1, -0.05) is 13.8 Å². The van der Waals surface area contributed by atoms with E-state index in [9.17, 15) is 22.8 Å². The van der Waals surface area contributed by atoms with E-state index in [2.05, 4.69) is 5.32 Å². The van der Waals surface area contributed by atoms with E-state index < -0.39 is 36.8 Å². The fourth-order valence-corrected chi connectivity index (χ4v) is 1.18. The Kier molecular flexibility index (Phi) is 5.98. The van der Waals surface area contributed by atoms with Crippen LogP contribution in [0.2, 0.25) is 0 Å². The number of carboxylic acid groups (broad SMARTS) is 1. The molecule has 0 fully saturated rings. The van der Waals surface area contributed by atoms with E-state index in [1.54, 1.807) is 13.8 Å². The zero-order valence-electron chi connectivity index (χ0n) is 9.67. The van der Waals surface area contributed by atoms with Gasteiger partial charge in [-0.05, 0) is 5.92 Å². The number of carbonyl (C=O) groups is 2. The molecule has 0 aromatic carbocycles. The average Bonchev–Trinajstić information content (AvgIpc) is 2.12. The fourth-order valence-electron chi connectivity index (χ4n) is 1.18. The molecule has 17 heavy (non-hydrogen) atoms. The molecule has 0 aliphatic rings. The first-order chi connectivity index (χ1) is 7.63. The minimum atomic E-state index is -4.37. The van der Waals surface area contributed by atoms with Crippen LogP contribution in [0, 0.1) is 11.8 Å². The molecule has 0 rings (SSSR count). The molecule has 4 nitrogen and oxygen atoms in total. The molecule has 1 unspecified atom stereocenters. The summed E-state index contributed by atoms with van der Waals surface area (Å²) in [4.78, 5) is 21.8. The summed E-state index contributed by atoms with van der Waals surface area (Å²) in [5, 5.41) is 11.0. The molecule has 100 valence electrons. The third kappa shape index (κ3) is 7.59. The third-order valence-electron chi connectivity index (χ3n) is 2.28. The van der Waals surface area contributed by atoms with Crippen molar-refractivity contribution in [2.75, 3.05) is 6.54 Å². The monoisotopic (exact) mass is 255 g/mol. The normalized spacial score (nSPS) is 13.5. The average molecular weight is 255 g/mol. The van der Waals surface area contributed by atoms with Crippen molar-refractivity contribution >= 4 is 11.9 Å². The molecule has 2 N–H and O–H groups in total. The summed E-state index contributed by atoms with van der Waals surface area (Å²) in [6, 6.07) is 0.